The summed E-state index contributed by atoms with van der Waals surface area (Å²) in [4.78, 5) is 11.3. The molecule has 0 N–H and O–H groups in total. The minimum Gasteiger partial charge on any atom is -0.469 e. The van der Waals surface area contributed by atoms with Crippen molar-refractivity contribution in [3.05, 3.63) is 0 Å². The number of esters is 1. The minimum absolute atomic E-state index is 0.00685. The molecule has 0 aromatic heterocycles. The van der Waals surface area contributed by atoms with Crippen LogP contribution in [0.25, 0.3) is 0 Å². The Hall–Kier alpha value is -0.530. The molecule has 0 spiro atoms. The molecule has 0 bridgehead atoms. The smallest absolute Gasteiger partial charge is 0.308 e. The molecule has 82 valence electrons. The summed E-state index contributed by atoms with van der Waals surface area (Å²) >= 11 is 0. The highest BCUT2D eigenvalue weighted by atomic mass is 16.5. The van der Waals surface area contributed by atoms with E-state index in [4.69, 9.17) is 4.74 Å². The third-order valence-corrected chi connectivity index (χ3v) is 3.76. The van der Waals surface area contributed by atoms with Crippen LogP contribution in [0.4, 0.5) is 0 Å². The number of rotatable bonds is 3. The van der Waals surface area contributed by atoms with Gasteiger partial charge in [-0.1, -0.05) is 20.3 Å². The zero-order valence-electron chi connectivity index (χ0n) is 9.58. The monoisotopic (exact) mass is 198 g/mol. The van der Waals surface area contributed by atoms with Gasteiger partial charge in [0.2, 0.25) is 0 Å². The van der Waals surface area contributed by atoms with E-state index in [-0.39, 0.29) is 11.9 Å². The predicted molar refractivity (Wildman–Crippen MR) is 56.9 cm³/mol. The second kappa shape index (κ2) is 5.38. The predicted octanol–water partition coefficient (Wildman–Crippen LogP) is 3.01. The lowest BCUT2D eigenvalue weighted by molar-refractivity contribution is -0.146. The Kier molecular flexibility index (Phi) is 4.43. The van der Waals surface area contributed by atoms with E-state index in [0.717, 1.165) is 24.7 Å². The van der Waals surface area contributed by atoms with Gasteiger partial charge in [-0.05, 0) is 37.5 Å². The summed E-state index contributed by atoms with van der Waals surface area (Å²) < 4.78 is 4.77. The van der Waals surface area contributed by atoms with Gasteiger partial charge < -0.3 is 4.74 Å². The van der Waals surface area contributed by atoms with E-state index in [9.17, 15) is 4.79 Å². The number of carbonyl (C=O) groups is 1. The fourth-order valence-electron chi connectivity index (χ4n) is 2.42. The molecule has 1 saturated carbocycles. The molecule has 2 nitrogen and oxygen atoms in total. The maximum Gasteiger partial charge on any atom is 0.308 e. The lowest BCUT2D eigenvalue weighted by Crippen LogP contribution is -2.25. The molecular formula is C12H22O2. The molecule has 0 amide bonds. The number of methoxy groups -OCH3 is 1. The summed E-state index contributed by atoms with van der Waals surface area (Å²) in [6.07, 6.45) is 5.72. The van der Waals surface area contributed by atoms with Crippen molar-refractivity contribution in [2.75, 3.05) is 7.11 Å². The van der Waals surface area contributed by atoms with E-state index in [0.29, 0.717) is 0 Å². The molecule has 0 aromatic rings. The summed E-state index contributed by atoms with van der Waals surface area (Å²) in [7, 11) is 1.49. The van der Waals surface area contributed by atoms with Gasteiger partial charge in [0.25, 0.3) is 0 Å². The van der Waals surface area contributed by atoms with Crippen molar-refractivity contribution in [2.45, 2.75) is 46.0 Å². The Morgan fingerprint density at radius 1 is 1.36 bits per heavy atom. The molecule has 0 heterocycles. The summed E-state index contributed by atoms with van der Waals surface area (Å²) in [5.41, 5.74) is 0. The van der Waals surface area contributed by atoms with Gasteiger partial charge >= 0.3 is 5.97 Å². The van der Waals surface area contributed by atoms with Crippen molar-refractivity contribution in [3.8, 4) is 0 Å². The molecule has 0 aliphatic heterocycles. The maximum absolute atomic E-state index is 11.3. The van der Waals surface area contributed by atoms with Gasteiger partial charge in [0, 0.05) is 0 Å². The zero-order valence-corrected chi connectivity index (χ0v) is 9.58. The van der Waals surface area contributed by atoms with Gasteiger partial charge in [-0.15, -0.1) is 0 Å². The van der Waals surface area contributed by atoms with E-state index < -0.39 is 0 Å². The number of hydrogen-bond acceptors (Lipinski definition) is 2. The minimum atomic E-state index is -0.00685. The fourth-order valence-corrected chi connectivity index (χ4v) is 2.42. The van der Waals surface area contributed by atoms with Crippen LogP contribution in [0.15, 0.2) is 0 Å². The normalized spacial score (nSPS) is 29.6. The maximum atomic E-state index is 11.3. The summed E-state index contributed by atoms with van der Waals surface area (Å²) in [6.45, 7) is 4.57. The average Bonchev–Trinajstić information content (AvgIpc) is 2.27. The second-order valence-corrected chi connectivity index (χ2v) is 4.52. The van der Waals surface area contributed by atoms with E-state index in [1.54, 1.807) is 0 Å². The summed E-state index contributed by atoms with van der Waals surface area (Å²) in [5.74, 6) is 1.82. The molecule has 0 aromatic carbocycles. The van der Waals surface area contributed by atoms with Crippen molar-refractivity contribution >= 4 is 5.97 Å². The first kappa shape index (κ1) is 11.5. The molecule has 1 unspecified atom stereocenters. The van der Waals surface area contributed by atoms with Crippen LogP contribution in [0.5, 0.6) is 0 Å². The SMILES string of the molecule is CCC(C)C1CCC(C(=O)OC)CC1. The van der Waals surface area contributed by atoms with Crippen LogP contribution in [0.2, 0.25) is 0 Å². The number of carbonyl (C=O) groups excluding carboxylic acids is 1. The third-order valence-electron chi connectivity index (χ3n) is 3.76. The van der Waals surface area contributed by atoms with Crippen LogP contribution in [0.3, 0.4) is 0 Å². The molecule has 1 rings (SSSR count). The quantitative estimate of drug-likeness (QED) is 0.652. The van der Waals surface area contributed by atoms with Crippen molar-refractivity contribution in [1.82, 2.24) is 0 Å². The van der Waals surface area contributed by atoms with Gasteiger partial charge in [0.1, 0.15) is 0 Å². The van der Waals surface area contributed by atoms with Crippen molar-refractivity contribution in [3.63, 3.8) is 0 Å². The van der Waals surface area contributed by atoms with E-state index in [2.05, 4.69) is 13.8 Å². The van der Waals surface area contributed by atoms with Gasteiger partial charge in [0.05, 0.1) is 13.0 Å². The fraction of sp³-hybridized carbons (Fsp3) is 0.917. The van der Waals surface area contributed by atoms with Crippen LogP contribution >= 0.6 is 0 Å². The molecule has 1 aliphatic carbocycles. The van der Waals surface area contributed by atoms with Crippen molar-refractivity contribution < 1.29 is 9.53 Å². The second-order valence-electron chi connectivity index (χ2n) is 4.52. The van der Waals surface area contributed by atoms with Gasteiger partial charge in [-0.25, -0.2) is 0 Å². The molecule has 1 aliphatic rings. The Balaban J connectivity index is 2.34. The number of hydrogen-bond donors (Lipinski definition) is 0. The van der Waals surface area contributed by atoms with Gasteiger partial charge in [-0.2, -0.15) is 0 Å². The van der Waals surface area contributed by atoms with Crippen LogP contribution < -0.4 is 0 Å². The molecule has 1 atom stereocenters. The first-order chi connectivity index (χ1) is 6.69. The first-order valence-corrected chi connectivity index (χ1v) is 5.76. The highest BCUT2D eigenvalue weighted by Gasteiger charge is 2.28. The summed E-state index contributed by atoms with van der Waals surface area (Å²) in [5, 5.41) is 0. The highest BCUT2D eigenvalue weighted by molar-refractivity contribution is 5.72. The molecule has 2 heteroatoms. The zero-order chi connectivity index (χ0) is 10.6. The molecule has 0 saturated heterocycles. The summed E-state index contributed by atoms with van der Waals surface area (Å²) in [6, 6.07) is 0. The van der Waals surface area contributed by atoms with E-state index in [1.165, 1.54) is 26.4 Å². The largest absolute Gasteiger partial charge is 0.469 e. The number of ether oxygens (including phenoxy) is 1. The van der Waals surface area contributed by atoms with Crippen LogP contribution in [-0.4, -0.2) is 13.1 Å². The molecule has 0 radical (unpaired) electrons. The Morgan fingerprint density at radius 2 is 1.93 bits per heavy atom. The molecule has 1 fully saturated rings. The third kappa shape index (κ3) is 2.73. The van der Waals surface area contributed by atoms with Crippen LogP contribution in [0.1, 0.15) is 46.0 Å². The Morgan fingerprint density at radius 3 is 2.36 bits per heavy atom. The first-order valence-electron chi connectivity index (χ1n) is 5.76. The van der Waals surface area contributed by atoms with Crippen LogP contribution in [0, 0.1) is 17.8 Å². The lowest BCUT2D eigenvalue weighted by Gasteiger charge is -2.30. The van der Waals surface area contributed by atoms with E-state index in [1.807, 2.05) is 0 Å². The Bertz CT molecular complexity index is 181. The van der Waals surface area contributed by atoms with Gasteiger partial charge in [0.15, 0.2) is 0 Å². The van der Waals surface area contributed by atoms with Gasteiger partial charge in [-0.3, -0.25) is 4.79 Å². The molecular weight excluding hydrogens is 176 g/mol. The molecule has 14 heavy (non-hydrogen) atoms. The topological polar surface area (TPSA) is 26.3 Å². The standard InChI is InChI=1S/C12H22O2/c1-4-9(2)10-5-7-11(8-6-10)12(13)14-3/h9-11H,4-8H2,1-3H3. The lowest BCUT2D eigenvalue weighted by atomic mass is 9.75. The van der Waals surface area contributed by atoms with Crippen molar-refractivity contribution in [2.24, 2.45) is 17.8 Å². The average molecular weight is 198 g/mol. The van der Waals surface area contributed by atoms with Crippen LogP contribution in [-0.2, 0) is 9.53 Å². The van der Waals surface area contributed by atoms with E-state index >= 15 is 0 Å². The van der Waals surface area contributed by atoms with Crippen molar-refractivity contribution in [1.29, 1.82) is 0 Å². The Labute approximate surface area is 87.0 Å². The highest BCUT2D eigenvalue weighted by Crippen LogP contribution is 2.34.